The number of hydrogen-bond acceptors (Lipinski definition) is 3. The largest absolute Gasteiger partial charge is 0.525 e. The molecule has 0 unspecified atom stereocenters. The molecule has 1 aromatic rings. The van der Waals surface area contributed by atoms with Gasteiger partial charge in [-0.2, -0.15) is 13.2 Å². The van der Waals surface area contributed by atoms with Gasteiger partial charge in [-0.3, -0.25) is 0 Å². The molecule has 2 rings (SSSR count). The first-order valence-corrected chi connectivity index (χ1v) is 8.58. The molecule has 1 saturated heterocycles. The molecule has 0 amide bonds. The summed E-state index contributed by atoms with van der Waals surface area (Å²) in [6.07, 6.45) is -5.00. The molecule has 3 nitrogen and oxygen atoms in total. The lowest BCUT2D eigenvalue weighted by atomic mass is 9.81. The van der Waals surface area contributed by atoms with Crippen LogP contribution >= 0.6 is 0 Å². The van der Waals surface area contributed by atoms with Crippen LogP contribution in [-0.2, 0) is 14.0 Å². The summed E-state index contributed by atoms with van der Waals surface area (Å²) in [6, 6.07) is 3.15. The average Bonchev–Trinajstić information content (AvgIpc) is 2.77. The van der Waals surface area contributed by atoms with E-state index in [4.69, 9.17) is 9.31 Å². The van der Waals surface area contributed by atoms with Crippen LogP contribution in [-0.4, -0.2) is 37.7 Å². The molecule has 0 bridgehead atoms. The molecule has 10 heteroatoms. The third-order valence-electron chi connectivity index (χ3n) is 4.79. The van der Waals surface area contributed by atoms with Crippen molar-refractivity contribution in [1.82, 2.24) is 0 Å². The van der Waals surface area contributed by atoms with Gasteiger partial charge in [-0.1, -0.05) is 12.1 Å². The fraction of sp³-hybridized carbons (Fsp3) is 0.556. The molecular weight excluding hydrogens is 389 g/mol. The van der Waals surface area contributed by atoms with Gasteiger partial charge in [0.15, 0.2) is 11.6 Å². The normalized spacial score (nSPS) is 19.7. The van der Waals surface area contributed by atoms with Crippen molar-refractivity contribution in [1.29, 1.82) is 0 Å². The molecule has 1 fully saturated rings. The molecule has 1 aliphatic heterocycles. The number of ether oxygens (including phenoxy) is 1. The van der Waals surface area contributed by atoms with Crippen molar-refractivity contribution in [3.63, 3.8) is 0 Å². The van der Waals surface area contributed by atoms with Gasteiger partial charge < -0.3 is 14.0 Å². The molecule has 28 heavy (non-hydrogen) atoms. The van der Waals surface area contributed by atoms with E-state index in [0.717, 1.165) is 12.1 Å². The Bertz CT molecular complexity index is 729. The van der Waals surface area contributed by atoms with Gasteiger partial charge in [-0.15, -0.1) is 0 Å². The smallest absolute Gasteiger partial charge is 0.398 e. The van der Waals surface area contributed by atoms with Gasteiger partial charge in [0.2, 0.25) is 0 Å². The number of alkyl halides is 3. The van der Waals surface area contributed by atoms with Gasteiger partial charge in [0, 0.05) is 5.56 Å². The fourth-order valence-corrected chi connectivity index (χ4v) is 2.57. The lowest BCUT2D eigenvalue weighted by Gasteiger charge is -2.32. The molecule has 1 aliphatic rings. The lowest BCUT2D eigenvalue weighted by molar-refractivity contribution is -0.173. The van der Waals surface area contributed by atoms with Gasteiger partial charge in [0.25, 0.3) is 0 Å². The highest BCUT2D eigenvalue weighted by Crippen LogP contribution is 2.41. The molecule has 0 spiro atoms. The van der Waals surface area contributed by atoms with Gasteiger partial charge in [-0.25, -0.2) is 13.2 Å². The first-order valence-electron chi connectivity index (χ1n) is 8.58. The number of rotatable bonds is 6. The monoisotopic (exact) mass is 410 g/mol. The maximum atomic E-state index is 15.2. The van der Waals surface area contributed by atoms with Crippen molar-refractivity contribution in [3.8, 4) is 0 Å². The van der Waals surface area contributed by atoms with Crippen molar-refractivity contribution < 1.29 is 40.4 Å². The molecule has 156 valence electrons. The van der Waals surface area contributed by atoms with Crippen LogP contribution in [0.1, 0.15) is 39.7 Å². The van der Waals surface area contributed by atoms with Crippen LogP contribution in [0.2, 0.25) is 0 Å². The number of hydrogen-bond donors (Lipinski definition) is 0. The van der Waals surface area contributed by atoms with Gasteiger partial charge >= 0.3 is 13.3 Å². The van der Waals surface area contributed by atoms with E-state index in [1.807, 2.05) is 0 Å². The summed E-state index contributed by atoms with van der Waals surface area (Å²) in [6.45, 7) is 4.61. The Balaban J connectivity index is 2.35. The molecule has 1 aromatic carbocycles. The Morgan fingerprint density at radius 3 is 2.18 bits per heavy atom. The predicted octanol–water partition coefficient (Wildman–Crippen LogP) is 5.25. The maximum Gasteiger partial charge on any atom is 0.525 e. The average molecular weight is 410 g/mol. The SMILES string of the molecule is CC1(C)OB(C(F)=C(CCOCC(F)(F)F)c2cccc(F)c2F)OC1(C)C. The Morgan fingerprint density at radius 2 is 1.64 bits per heavy atom. The number of halogens is 6. The first kappa shape index (κ1) is 22.8. The summed E-state index contributed by atoms with van der Waals surface area (Å²) in [5.41, 5.74) is -3.64. The first-order chi connectivity index (χ1) is 12.8. The van der Waals surface area contributed by atoms with Crippen LogP contribution in [0, 0.1) is 11.6 Å². The van der Waals surface area contributed by atoms with Crippen LogP contribution in [0.15, 0.2) is 23.9 Å². The van der Waals surface area contributed by atoms with Crippen molar-refractivity contribution >= 4 is 12.7 Å². The van der Waals surface area contributed by atoms with E-state index in [1.165, 1.54) is 6.07 Å². The molecule has 0 atom stereocenters. The molecule has 1 heterocycles. The second-order valence-corrected chi connectivity index (χ2v) is 7.43. The van der Waals surface area contributed by atoms with E-state index in [2.05, 4.69) is 4.74 Å². The standard InChI is InChI=1S/C18H21BF6O3/c1-16(2)17(3,4)28-19(27-16)15(22)12(8-9-26-10-18(23,24)25)11-6-5-7-13(20)14(11)21/h5-7H,8-10H2,1-4H3. The Labute approximate surface area is 159 Å². The summed E-state index contributed by atoms with van der Waals surface area (Å²) >= 11 is 0. The van der Waals surface area contributed by atoms with E-state index in [1.54, 1.807) is 27.7 Å². The third-order valence-corrected chi connectivity index (χ3v) is 4.79. The van der Waals surface area contributed by atoms with Crippen molar-refractivity contribution in [2.75, 3.05) is 13.2 Å². The van der Waals surface area contributed by atoms with Gasteiger partial charge in [0.05, 0.1) is 17.8 Å². The van der Waals surface area contributed by atoms with Crippen LogP contribution in [0.3, 0.4) is 0 Å². The summed E-state index contributed by atoms with van der Waals surface area (Å²) in [5, 5.41) is 0. The van der Waals surface area contributed by atoms with E-state index in [0.29, 0.717) is 0 Å². The van der Waals surface area contributed by atoms with Crippen molar-refractivity contribution in [2.24, 2.45) is 0 Å². The summed E-state index contributed by atoms with van der Waals surface area (Å²) in [5.74, 6) is -2.53. The van der Waals surface area contributed by atoms with Crippen LogP contribution in [0.4, 0.5) is 26.3 Å². The van der Waals surface area contributed by atoms with E-state index in [-0.39, 0.29) is 5.57 Å². The summed E-state index contributed by atoms with van der Waals surface area (Å²) in [4.78, 5) is 0. The quantitative estimate of drug-likeness (QED) is 0.365. The highest BCUT2D eigenvalue weighted by Gasteiger charge is 2.53. The predicted molar refractivity (Wildman–Crippen MR) is 92.0 cm³/mol. The second kappa shape index (κ2) is 8.08. The molecule has 0 saturated carbocycles. The van der Waals surface area contributed by atoms with Crippen molar-refractivity contribution in [2.45, 2.75) is 51.5 Å². The van der Waals surface area contributed by atoms with Crippen LogP contribution < -0.4 is 0 Å². The molecular formula is C18H21BF6O3. The van der Waals surface area contributed by atoms with Crippen LogP contribution in [0.25, 0.3) is 5.57 Å². The zero-order valence-electron chi connectivity index (χ0n) is 15.9. The van der Waals surface area contributed by atoms with Crippen molar-refractivity contribution in [3.05, 3.63) is 41.1 Å². The summed E-state index contributed by atoms with van der Waals surface area (Å²) in [7, 11) is -1.51. The zero-order chi connectivity index (χ0) is 21.3. The molecule has 0 aromatic heterocycles. The Morgan fingerprint density at radius 1 is 1.07 bits per heavy atom. The highest BCUT2D eigenvalue weighted by molar-refractivity contribution is 6.55. The minimum Gasteiger partial charge on any atom is -0.398 e. The highest BCUT2D eigenvalue weighted by atomic mass is 19.4. The molecule has 0 radical (unpaired) electrons. The molecule has 0 N–H and O–H groups in total. The minimum absolute atomic E-state index is 0.377. The second-order valence-electron chi connectivity index (χ2n) is 7.43. The fourth-order valence-electron chi connectivity index (χ4n) is 2.57. The minimum atomic E-state index is -4.56. The van der Waals surface area contributed by atoms with Crippen LogP contribution in [0.5, 0.6) is 0 Å². The van der Waals surface area contributed by atoms with E-state index < -0.39 is 67.1 Å². The lowest BCUT2D eigenvalue weighted by Crippen LogP contribution is -2.41. The van der Waals surface area contributed by atoms with E-state index in [9.17, 15) is 22.0 Å². The maximum absolute atomic E-state index is 15.2. The third kappa shape index (κ3) is 5.09. The number of benzene rings is 1. The Hall–Kier alpha value is -1.52. The zero-order valence-corrected chi connectivity index (χ0v) is 15.9. The van der Waals surface area contributed by atoms with E-state index >= 15 is 4.39 Å². The molecule has 0 aliphatic carbocycles. The summed E-state index contributed by atoms with van der Waals surface area (Å²) < 4.78 is 95.3. The Kier molecular flexibility index (Phi) is 6.57. The topological polar surface area (TPSA) is 27.7 Å². The van der Waals surface area contributed by atoms with Gasteiger partial charge in [-0.05, 0) is 45.8 Å². The van der Waals surface area contributed by atoms with Gasteiger partial charge in [0.1, 0.15) is 12.3 Å².